The maximum atomic E-state index is 12.4. The van der Waals surface area contributed by atoms with Gasteiger partial charge < -0.3 is 5.32 Å². The second-order valence-electron chi connectivity index (χ2n) is 5.96. The second-order valence-corrected chi connectivity index (χ2v) is 8.12. The van der Waals surface area contributed by atoms with Crippen molar-refractivity contribution in [3.8, 4) is 0 Å². The highest BCUT2D eigenvalue weighted by atomic mass is 35.5. The van der Waals surface area contributed by atoms with Gasteiger partial charge in [0.1, 0.15) is 5.15 Å². The van der Waals surface area contributed by atoms with Gasteiger partial charge in [-0.3, -0.25) is 9.59 Å². The molecule has 2 aromatic carbocycles. The Bertz CT molecular complexity index is 1120. The first-order chi connectivity index (χ1) is 13.8. The van der Waals surface area contributed by atoms with E-state index in [-0.39, 0.29) is 22.4 Å². The molecule has 2 N–H and O–H groups in total. The number of aromatic nitrogens is 1. The predicted molar refractivity (Wildman–Crippen MR) is 110 cm³/mol. The average molecular weight is 430 g/mol. The summed E-state index contributed by atoms with van der Waals surface area (Å²) in [6, 6.07) is 17.0. The van der Waals surface area contributed by atoms with Gasteiger partial charge in [0.2, 0.25) is 10.0 Å². The molecule has 1 aromatic heterocycles. The van der Waals surface area contributed by atoms with Crippen LogP contribution in [0.5, 0.6) is 0 Å². The molecule has 0 saturated carbocycles. The van der Waals surface area contributed by atoms with Gasteiger partial charge in [0, 0.05) is 17.4 Å². The molecule has 3 aromatic rings. The summed E-state index contributed by atoms with van der Waals surface area (Å²) >= 11 is 5.69. The number of anilines is 1. The molecular formula is C20H16ClN3O4S. The van der Waals surface area contributed by atoms with Crippen molar-refractivity contribution in [3.63, 3.8) is 0 Å². The number of Topliss-reactive ketones (excluding diaryl/α,β-unsaturated/α-hetero) is 1. The molecule has 29 heavy (non-hydrogen) atoms. The fraction of sp³-hybridized carbons (Fsp3) is 0.0500. The normalized spacial score (nSPS) is 11.1. The lowest BCUT2D eigenvalue weighted by Gasteiger charge is -2.08. The van der Waals surface area contributed by atoms with Crippen LogP contribution in [0.2, 0.25) is 5.15 Å². The van der Waals surface area contributed by atoms with Crippen molar-refractivity contribution in [1.82, 2.24) is 9.71 Å². The summed E-state index contributed by atoms with van der Waals surface area (Å²) < 4.78 is 27.0. The predicted octanol–water partition coefficient (Wildman–Crippen LogP) is 3.15. The number of benzene rings is 2. The third-order valence-corrected chi connectivity index (χ3v) is 5.57. The number of carbonyl (C=O) groups is 2. The van der Waals surface area contributed by atoms with Crippen LogP contribution in [0.15, 0.2) is 77.8 Å². The lowest BCUT2D eigenvalue weighted by Crippen LogP contribution is -2.29. The van der Waals surface area contributed by atoms with Gasteiger partial charge in [-0.1, -0.05) is 41.9 Å². The van der Waals surface area contributed by atoms with E-state index in [0.717, 1.165) is 0 Å². The Hall–Kier alpha value is -3.07. The third-order valence-electron chi connectivity index (χ3n) is 3.93. The van der Waals surface area contributed by atoms with Crippen LogP contribution in [0.1, 0.15) is 20.7 Å². The fourth-order valence-electron chi connectivity index (χ4n) is 2.40. The fourth-order valence-corrected chi connectivity index (χ4v) is 3.49. The third kappa shape index (κ3) is 5.47. The van der Waals surface area contributed by atoms with Crippen LogP contribution < -0.4 is 10.0 Å². The topological polar surface area (TPSA) is 105 Å². The zero-order valence-corrected chi connectivity index (χ0v) is 16.6. The maximum Gasteiger partial charge on any atom is 0.257 e. The van der Waals surface area contributed by atoms with E-state index in [1.165, 1.54) is 42.6 Å². The number of halogens is 1. The van der Waals surface area contributed by atoms with Gasteiger partial charge in [-0.05, 0) is 36.4 Å². The lowest BCUT2D eigenvalue weighted by atomic mass is 10.1. The van der Waals surface area contributed by atoms with Gasteiger partial charge >= 0.3 is 0 Å². The van der Waals surface area contributed by atoms with Crippen LogP contribution in [0.4, 0.5) is 5.69 Å². The maximum absolute atomic E-state index is 12.4. The summed E-state index contributed by atoms with van der Waals surface area (Å²) in [6.07, 6.45) is 1.34. The lowest BCUT2D eigenvalue weighted by molar-refractivity contribution is 0.0994. The highest BCUT2D eigenvalue weighted by molar-refractivity contribution is 7.89. The Balaban J connectivity index is 1.63. The molecule has 0 saturated heterocycles. The number of nitrogens with zero attached hydrogens (tertiary/aromatic N) is 1. The number of pyridine rings is 1. The van der Waals surface area contributed by atoms with Gasteiger partial charge in [-0.15, -0.1) is 0 Å². The number of carbonyl (C=O) groups excluding carboxylic acids is 2. The molecule has 0 aliphatic carbocycles. The highest BCUT2D eigenvalue weighted by Gasteiger charge is 2.16. The van der Waals surface area contributed by atoms with Gasteiger partial charge in [0.25, 0.3) is 5.91 Å². The van der Waals surface area contributed by atoms with E-state index in [0.29, 0.717) is 16.8 Å². The molecule has 3 rings (SSSR count). The van der Waals surface area contributed by atoms with E-state index >= 15 is 0 Å². The van der Waals surface area contributed by atoms with E-state index in [2.05, 4.69) is 15.0 Å². The number of rotatable bonds is 7. The zero-order valence-electron chi connectivity index (χ0n) is 15.0. The van der Waals surface area contributed by atoms with Crippen molar-refractivity contribution in [2.24, 2.45) is 0 Å². The van der Waals surface area contributed by atoms with Crippen molar-refractivity contribution in [2.75, 3.05) is 11.9 Å². The van der Waals surface area contributed by atoms with Gasteiger partial charge in [-0.2, -0.15) is 0 Å². The Kier molecular flexibility index (Phi) is 6.38. The Labute approximate surface area is 172 Å². The van der Waals surface area contributed by atoms with E-state index in [1.54, 1.807) is 30.3 Å². The average Bonchev–Trinajstić information content (AvgIpc) is 2.73. The van der Waals surface area contributed by atoms with Gasteiger partial charge in [-0.25, -0.2) is 18.1 Å². The van der Waals surface area contributed by atoms with Crippen LogP contribution >= 0.6 is 11.6 Å². The molecule has 0 aliphatic heterocycles. The smallest absolute Gasteiger partial charge is 0.257 e. The molecule has 0 fully saturated rings. The SMILES string of the molecule is O=C(CNS(=O)(=O)c1ccc(NC(=O)c2ccc(Cl)nc2)cc1)c1ccccc1. The van der Waals surface area contributed by atoms with Crippen molar-refractivity contribution in [3.05, 3.63) is 89.2 Å². The number of ketones is 1. The van der Waals surface area contributed by atoms with Crippen molar-refractivity contribution in [1.29, 1.82) is 0 Å². The standard InChI is InChI=1S/C20H16ClN3O4S/c21-19-11-6-15(12-22-19)20(26)24-16-7-9-17(10-8-16)29(27,28)23-13-18(25)14-4-2-1-3-5-14/h1-12,23H,13H2,(H,24,26). The molecule has 0 spiro atoms. The number of sulfonamides is 1. The minimum absolute atomic E-state index is 0.0236. The zero-order chi connectivity index (χ0) is 20.9. The van der Waals surface area contributed by atoms with Crippen molar-refractivity contribution >= 4 is 39.0 Å². The number of hydrogen-bond donors (Lipinski definition) is 2. The van der Waals surface area contributed by atoms with Crippen molar-refractivity contribution < 1.29 is 18.0 Å². The van der Waals surface area contributed by atoms with E-state index in [9.17, 15) is 18.0 Å². The van der Waals surface area contributed by atoms with Gasteiger partial charge in [0.05, 0.1) is 17.0 Å². The molecule has 1 amide bonds. The first kappa shape index (κ1) is 20.7. The summed E-state index contributed by atoms with van der Waals surface area (Å²) in [5.74, 6) is -0.744. The summed E-state index contributed by atoms with van der Waals surface area (Å²) in [5.41, 5.74) is 1.14. The molecular weight excluding hydrogens is 414 g/mol. The van der Waals surface area contributed by atoms with E-state index < -0.39 is 15.9 Å². The van der Waals surface area contributed by atoms with Crippen LogP contribution in [0, 0.1) is 0 Å². The minimum atomic E-state index is -3.87. The highest BCUT2D eigenvalue weighted by Crippen LogP contribution is 2.15. The van der Waals surface area contributed by atoms with E-state index in [1.807, 2.05) is 0 Å². The molecule has 0 unspecified atom stereocenters. The first-order valence-electron chi connectivity index (χ1n) is 8.46. The first-order valence-corrected chi connectivity index (χ1v) is 10.3. The van der Waals surface area contributed by atoms with Crippen LogP contribution in [0.3, 0.4) is 0 Å². The molecule has 0 bridgehead atoms. The number of hydrogen-bond acceptors (Lipinski definition) is 5. The summed E-state index contributed by atoms with van der Waals surface area (Å²) in [7, 11) is -3.87. The molecule has 7 nitrogen and oxygen atoms in total. The number of nitrogens with one attached hydrogen (secondary N) is 2. The molecule has 148 valence electrons. The Morgan fingerprint density at radius 3 is 2.21 bits per heavy atom. The Morgan fingerprint density at radius 1 is 0.897 bits per heavy atom. The minimum Gasteiger partial charge on any atom is -0.322 e. The quantitative estimate of drug-likeness (QED) is 0.443. The Morgan fingerprint density at radius 2 is 1.59 bits per heavy atom. The molecule has 0 radical (unpaired) electrons. The van der Waals surface area contributed by atoms with Crippen LogP contribution in [-0.2, 0) is 10.0 Å². The van der Waals surface area contributed by atoms with Crippen molar-refractivity contribution in [2.45, 2.75) is 4.90 Å². The number of amides is 1. The summed E-state index contributed by atoms with van der Waals surface area (Å²) in [5, 5.41) is 2.91. The van der Waals surface area contributed by atoms with Crippen LogP contribution in [-0.4, -0.2) is 31.6 Å². The summed E-state index contributed by atoms with van der Waals surface area (Å²) in [4.78, 5) is 28.0. The van der Waals surface area contributed by atoms with Crippen LogP contribution in [0.25, 0.3) is 0 Å². The molecule has 1 heterocycles. The monoisotopic (exact) mass is 429 g/mol. The van der Waals surface area contributed by atoms with E-state index in [4.69, 9.17) is 11.6 Å². The molecule has 9 heteroatoms. The molecule has 0 aliphatic rings. The molecule has 0 atom stereocenters. The second kappa shape index (κ2) is 8.95. The summed E-state index contributed by atoms with van der Waals surface area (Å²) in [6.45, 7) is -0.353. The van der Waals surface area contributed by atoms with Gasteiger partial charge in [0.15, 0.2) is 5.78 Å². The largest absolute Gasteiger partial charge is 0.322 e.